The largest absolute Gasteiger partial charge is 0.490 e. The topological polar surface area (TPSA) is 41.6 Å². The first-order valence-electron chi connectivity index (χ1n) is 8.49. The summed E-state index contributed by atoms with van der Waals surface area (Å²) in [5.41, 5.74) is 0. The quantitative estimate of drug-likeness (QED) is 0.751. The van der Waals surface area contributed by atoms with Crippen molar-refractivity contribution >= 4 is 5.91 Å². The maximum atomic E-state index is 12.1. The van der Waals surface area contributed by atoms with E-state index in [0.29, 0.717) is 6.54 Å². The number of piperidine rings is 1. The molecule has 1 saturated heterocycles. The summed E-state index contributed by atoms with van der Waals surface area (Å²) in [7, 11) is 0. The first-order valence-corrected chi connectivity index (χ1v) is 8.49. The van der Waals surface area contributed by atoms with Gasteiger partial charge in [-0.3, -0.25) is 4.79 Å². The molecular weight excluding hydrogens is 276 g/mol. The molecule has 22 heavy (non-hydrogen) atoms. The van der Waals surface area contributed by atoms with E-state index in [4.69, 9.17) is 4.74 Å². The van der Waals surface area contributed by atoms with Crippen LogP contribution in [-0.4, -0.2) is 43.1 Å². The van der Waals surface area contributed by atoms with Crippen LogP contribution in [0.4, 0.5) is 0 Å². The smallest absolute Gasteiger partial charge is 0.236 e. The van der Waals surface area contributed by atoms with Gasteiger partial charge in [0.2, 0.25) is 5.91 Å². The second-order valence-corrected chi connectivity index (χ2v) is 5.89. The number of hydrogen-bond donors (Lipinski definition) is 1. The summed E-state index contributed by atoms with van der Waals surface area (Å²) >= 11 is 0. The van der Waals surface area contributed by atoms with E-state index >= 15 is 0 Å². The first kappa shape index (κ1) is 16.8. The predicted molar refractivity (Wildman–Crippen MR) is 89.1 cm³/mol. The molecule has 0 radical (unpaired) electrons. The molecule has 1 aromatic rings. The minimum absolute atomic E-state index is 0.217. The number of ether oxygens (including phenoxy) is 1. The molecule has 0 saturated carbocycles. The van der Waals surface area contributed by atoms with Crippen LogP contribution in [0, 0.1) is 0 Å². The van der Waals surface area contributed by atoms with Crippen LogP contribution in [0.15, 0.2) is 30.3 Å². The van der Waals surface area contributed by atoms with E-state index in [9.17, 15) is 4.79 Å². The van der Waals surface area contributed by atoms with Crippen molar-refractivity contribution in [3.63, 3.8) is 0 Å². The molecule has 122 valence electrons. The van der Waals surface area contributed by atoms with Gasteiger partial charge in [0.25, 0.3) is 0 Å². The zero-order valence-electron chi connectivity index (χ0n) is 13.6. The molecule has 4 heteroatoms. The SMILES string of the molecule is CCCCCNCC(=O)N1CCC(Oc2ccccc2)CC1. The monoisotopic (exact) mass is 304 g/mol. The Hall–Kier alpha value is -1.55. The van der Waals surface area contributed by atoms with Gasteiger partial charge in [-0.15, -0.1) is 0 Å². The molecule has 1 aliphatic heterocycles. The summed E-state index contributed by atoms with van der Waals surface area (Å²) in [5.74, 6) is 1.14. The number of amides is 1. The lowest BCUT2D eigenvalue weighted by atomic mass is 10.1. The lowest BCUT2D eigenvalue weighted by Crippen LogP contribution is -2.45. The van der Waals surface area contributed by atoms with Crippen molar-refractivity contribution < 1.29 is 9.53 Å². The second kappa shape index (κ2) is 9.46. The normalized spacial score (nSPS) is 15.8. The van der Waals surface area contributed by atoms with Crippen molar-refractivity contribution in [3.05, 3.63) is 30.3 Å². The van der Waals surface area contributed by atoms with Crippen molar-refractivity contribution in [2.45, 2.75) is 45.1 Å². The molecule has 0 spiro atoms. The fourth-order valence-corrected chi connectivity index (χ4v) is 2.72. The summed E-state index contributed by atoms with van der Waals surface area (Å²) < 4.78 is 5.96. The third-order valence-electron chi connectivity index (χ3n) is 4.07. The number of benzene rings is 1. The molecule has 0 unspecified atom stereocenters. The highest BCUT2D eigenvalue weighted by atomic mass is 16.5. The highest BCUT2D eigenvalue weighted by Crippen LogP contribution is 2.18. The van der Waals surface area contributed by atoms with Gasteiger partial charge in [-0.25, -0.2) is 0 Å². The van der Waals surface area contributed by atoms with Crippen LogP contribution >= 0.6 is 0 Å². The number of para-hydroxylation sites is 1. The third-order valence-corrected chi connectivity index (χ3v) is 4.07. The van der Waals surface area contributed by atoms with Gasteiger partial charge in [0.1, 0.15) is 11.9 Å². The fraction of sp³-hybridized carbons (Fsp3) is 0.611. The van der Waals surface area contributed by atoms with Gasteiger partial charge in [-0.1, -0.05) is 38.0 Å². The van der Waals surface area contributed by atoms with E-state index in [0.717, 1.165) is 44.6 Å². The Morgan fingerprint density at radius 2 is 1.95 bits per heavy atom. The van der Waals surface area contributed by atoms with Crippen molar-refractivity contribution in [2.75, 3.05) is 26.2 Å². The van der Waals surface area contributed by atoms with E-state index in [-0.39, 0.29) is 12.0 Å². The van der Waals surface area contributed by atoms with Gasteiger partial charge in [0.15, 0.2) is 0 Å². The molecule has 1 heterocycles. The number of carbonyl (C=O) groups excluding carboxylic acids is 1. The zero-order valence-corrected chi connectivity index (χ0v) is 13.6. The van der Waals surface area contributed by atoms with E-state index in [1.54, 1.807) is 0 Å². The maximum Gasteiger partial charge on any atom is 0.236 e. The number of carbonyl (C=O) groups is 1. The Morgan fingerprint density at radius 3 is 2.64 bits per heavy atom. The van der Waals surface area contributed by atoms with Gasteiger partial charge >= 0.3 is 0 Å². The average molecular weight is 304 g/mol. The molecule has 0 aliphatic carbocycles. The average Bonchev–Trinajstić information content (AvgIpc) is 2.56. The molecule has 0 bridgehead atoms. The van der Waals surface area contributed by atoms with Crippen LogP contribution in [0.5, 0.6) is 5.75 Å². The number of nitrogens with zero attached hydrogens (tertiary/aromatic N) is 1. The van der Waals surface area contributed by atoms with E-state index < -0.39 is 0 Å². The van der Waals surface area contributed by atoms with Crippen molar-refractivity contribution in [1.82, 2.24) is 10.2 Å². The van der Waals surface area contributed by atoms with Crippen LogP contribution in [0.3, 0.4) is 0 Å². The van der Waals surface area contributed by atoms with Crippen molar-refractivity contribution in [3.8, 4) is 5.75 Å². The molecule has 1 amide bonds. The minimum Gasteiger partial charge on any atom is -0.490 e. The molecule has 2 rings (SSSR count). The van der Waals surface area contributed by atoms with Gasteiger partial charge in [0.05, 0.1) is 6.54 Å². The molecule has 4 nitrogen and oxygen atoms in total. The first-order chi connectivity index (χ1) is 10.8. The summed E-state index contributed by atoms with van der Waals surface area (Å²) in [6.45, 7) is 5.19. The van der Waals surface area contributed by atoms with Crippen LogP contribution in [0.1, 0.15) is 39.0 Å². The lowest BCUT2D eigenvalue weighted by Gasteiger charge is -2.32. The lowest BCUT2D eigenvalue weighted by molar-refractivity contribution is -0.132. The summed E-state index contributed by atoms with van der Waals surface area (Å²) in [6.07, 6.45) is 5.64. The number of nitrogens with one attached hydrogen (secondary N) is 1. The van der Waals surface area contributed by atoms with E-state index in [1.807, 2.05) is 35.2 Å². The maximum absolute atomic E-state index is 12.1. The Kier molecular flexibility index (Phi) is 7.23. The number of rotatable bonds is 8. The number of likely N-dealkylation sites (tertiary alicyclic amines) is 1. The highest BCUT2D eigenvalue weighted by molar-refractivity contribution is 5.78. The van der Waals surface area contributed by atoms with Gasteiger partial charge < -0.3 is 15.0 Å². The number of unbranched alkanes of at least 4 members (excludes halogenated alkanes) is 2. The summed E-state index contributed by atoms with van der Waals surface area (Å²) in [6, 6.07) is 9.92. The van der Waals surface area contributed by atoms with Crippen LogP contribution < -0.4 is 10.1 Å². The van der Waals surface area contributed by atoms with E-state index in [1.165, 1.54) is 12.8 Å². The second-order valence-electron chi connectivity index (χ2n) is 5.89. The standard InChI is InChI=1S/C18H28N2O2/c1-2-3-7-12-19-15-18(21)20-13-10-17(11-14-20)22-16-8-5-4-6-9-16/h4-6,8-9,17,19H,2-3,7,10-15H2,1H3. The summed E-state index contributed by atoms with van der Waals surface area (Å²) in [5, 5.41) is 3.25. The van der Waals surface area contributed by atoms with Crippen molar-refractivity contribution in [1.29, 1.82) is 0 Å². The summed E-state index contributed by atoms with van der Waals surface area (Å²) in [4.78, 5) is 14.1. The number of hydrogen-bond acceptors (Lipinski definition) is 3. The Morgan fingerprint density at radius 1 is 1.23 bits per heavy atom. The Labute approximate surface area is 133 Å². The van der Waals surface area contributed by atoms with Crippen molar-refractivity contribution in [2.24, 2.45) is 0 Å². The fourth-order valence-electron chi connectivity index (χ4n) is 2.72. The van der Waals surface area contributed by atoms with E-state index in [2.05, 4.69) is 12.2 Å². The molecule has 1 aromatic carbocycles. The predicted octanol–water partition coefficient (Wildman–Crippen LogP) is 2.84. The molecule has 0 atom stereocenters. The van der Waals surface area contributed by atoms with Crippen LogP contribution in [0.2, 0.25) is 0 Å². The molecule has 0 aromatic heterocycles. The van der Waals surface area contributed by atoms with Gasteiger partial charge in [0, 0.05) is 25.9 Å². The molecule has 1 aliphatic rings. The molecule has 1 N–H and O–H groups in total. The minimum atomic E-state index is 0.217. The van der Waals surface area contributed by atoms with Crippen LogP contribution in [0.25, 0.3) is 0 Å². The molecular formula is C18H28N2O2. The Bertz CT molecular complexity index is 428. The molecule has 1 fully saturated rings. The zero-order chi connectivity index (χ0) is 15.6. The van der Waals surface area contributed by atoms with Crippen LogP contribution in [-0.2, 0) is 4.79 Å². The van der Waals surface area contributed by atoms with Gasteiger partial charge in [-0.2, -0.15) is 0 Å². The van der Waals surface area contributed by atoms with Gasteiger partial charge in [-0.05, 0) is 25.1 Å². The highest BCUT2D eigenvalue weighted by Gasteiger charge is 2.23. The third kappa shape index (κ3) is 5.68. The Balaban J connectivity index is 1.63.